The first kappa shape index (κ1) is 112. The van der Waals surface area contributed by atoms with Crippen LogP contribution in [0, 0.1) is 109 Å². The number of aryl methyl sites for hydroxylation is 13. The van der Waals surface area contributed by atoms with E-state index in [-0.39, 0.29) is 97.8 Å². The molecule has 1 saturated carbocycles. The first-order chi connectivity index (χ1) is 57.1. The Balaban J connectivity index is 0.000000501. The Kier molecular flexibility index (Phi) is 45.3. The van der Waals surface area contributed by atoms with Gasteiger partial charge in [-0.3, -0.25) is 27.1 Å². The van der Waals surface area contributed by atoms with Crippen molar-refractivity contribution in [3.8, 4) is 39.8 Å². The van der Waals surface area contributed by atoms with Gasteiger partial charge in [0.05, 0.1) is 45.2 Å². The molecule has 17 rings (SSSR count). The molecule has 7 aromatic carbocycles. The van der Waals surface area contributed by atoms with Crippen molar-refractivity contribution in [3.63, 3.8) is 0 Å². The third-order valence-electron chi connectivity index (χ3n) is 20.8. The fourth-order valence-electron chi connectivity index (χ4n) is 14.5. The minimum atomic E-state index is -3.67. The van der Waals surface area contributed by atoms with Gasteiger partial charge in [-0.15, -0.1) is 23.8 Å². The molecule has 3 aliphatic rings. The molecule has 7 aromatic heterocycles. The van der Waals surface area contributed by atoms with Crippen LogP contribution < -0.4 is 10.2 Å². The van der Waals surface area contributed by atoms with E-state index in [2.05, 4.69) is 213 Å². The van der Waals surface area contributed by atoms with Gasteiger partial charge in [0.15, 0.2) is 45.0 Å². The third kappa shape index (κ3) is 30.6. The van der Waals surface area contributed by atoms with Crippen LogP contribution in [0.5, 0.6) is 0 Å². The van der Waals surface area contributed by atoms with Crippen LogP contribution >= 0.6 is 31.9 Å². The Morgan fingerprint density at radius 3 is 1.11 bits per heavy atom. The number of nitrogens with zero attached hydrogens (tertiary/aromatic N) is 10. The quantitative estimate of drug-likeness (QED) is 0.0866. The molecule has 29 heteroatoms. The number of oxazole rings is 4. The molecule has 126 heavy (non-hydrogen) atoms. The van der Waals surface area contributed by atoms with Crippen molar-refractivity contribution in [2.24, 2.45) is 0 Å². The molecule has 0 unspecified atom stereocenters. The van der Waals surface area contributed by atoms with Crippen LogP contribution in [0.15, 0.2) is 167 Å². The van der Waals surface area contributed by atoms with Gasteiger partial charge >= 0.3 is 41.9 Å². The van der Waals surface area contributed by atoms with Crippen molar-refractivity contribution in [3.05, 3.63) is 242 Å². The number of imidazole rings is 3. The van der Waals surface area contributed by atoms with Gasteiger partial charge in [-0.2, -0.15) is 27.7 Å². The SMILES string of the molecule is C.C.C1CCCCCCC1.CB1OC(C)(C)C(C)(C)O1.C[CH-]C.C[CH-]C.Cc1cc(C)c(-n2ccnc2-c2[c-]cc3oc(C)nc3c2)c(C)c1.Cc1cc(C)c(-n2ccnc2-c2ccc3oc(C)nc3c2)c(C)c1.Cc1cc(C)c(-n2ccnc2Br)c(C)c1.Cc1nc2cc(B3OC(C)(C)C(C)(C)O3)ccc2o1.Cc1nc2cc(Br)ccc2o1.FB(F)F.[2HH].[F-].[Ir+3].[Ir]. The van der Waals surface area contributed by atoms with Crippen molar-refractivity contribution in [2.75, 3.05) is 0 Å². The summed E-state index contributed by atoms with van der Waals surface area (Å²) in [5.41, 5.74) is 23.4. The monoisotopic (exact) mass is 2220 g/mol. The normalized spacial score (nSPS) is 14.1. The van der Waals surface area contributed by atoms with E-state index in [1.165, 1.54) is 113 Å². The van der Waals surface area contributed by atoms with Crippen LogP contribution in [-0.2, 0) is 58.8 Å². The Bertz CT molecular complexity index is 5410. The standard InChI is InChI=1S/C20H19N3O.C20H18N3O.C14H18BNO3.C12H13BrN2.C8H6BrNO.C8H16.C7H15BO2.2C3H7.2CH4.BF3.FH.2Ir.H2/c2*1-12-9-13(2)19(14(3)10-12)23-8-7-21-20(23)16-5-6-18-17(11-16)22-15(4)24-18;1-9-16-11-8-10(6-7-12(11)17-9)15-18-13(2,3)14(4,5)19-15;1-8-6-9(2)11(10(3)7-8)15-5-4-14-12(15)13;1-5-10-7-4-6(9)2-3-8(7)11-5;1-2-4-6-8-7-5-3-1;1-6(2)7(3,4)10-8(5)9-6;2*1-3-2;;;2-1(3)4;;;;/h5-11H,1-4H3;6-11H,1-4H3;6-8H,1-5H3;4-7H,1-3H3;2-4H,1H3;1-8H2;1-5H3;2*3H,1-2H3;2*1H4;;1H;;;1H/q;-1;;;;;;2*-1;;;;;;+3;/p-1/i;;;;;;;;;;;;;;;1+1. The molecule has 0 amide bonds. The van der Waals surface area contributed by atoms with E-state index in [9.17, 15) is 12.9 Å². The summed E-state index contributed by atoms with van der Waals surface area (Å²) in [6, 6.07) is 37.9. The van der Waals surface area contributed by atoms with Crippen LogP contribution in [0.1, 0.15) is 224 Å². The second kappa shape index (κ2) is 50.9. The van der Waals surface area contributed by atoms with Crippen LogP contribution in [0.2, 0.25) is 6.82 Å². The zero-order valence-corrected chi connectivity index (χ0v) is 84.5. The minimum Gasteiger partial charge on any atom is -1.00 e. The summed E-state index contributed by atoms with van der Waals surface area (Å²) in [5.74, 6) is 4.47. The number of rotatable bonds is 6. The Hall–Kier alpha value is -7.94. The maximum absolute atomic E-state index is 9.67. The Morgan fingerprint density at radius 1 is 0.429 bits per heavy atom. The minimum absolute atomic E-state index is 0. The summed E-state index contributed by atoms with van der Waals surface area (Å²) in [6.45, 7) is 52.9. The summed E-state index contributed by atoms with van der Waals surface area (Å²) >= 11 is 6.80. The van der Waals surface area contributed by atoms with E-state index in [0.717, 1.165) is 87.5 Å². The zero-order chi connectivity index (χ0) is 89.0. The Morgan fingerprint density at radius 2 is 0.738 bits per heavy atom. The van der Waals surface area contributed by atoms with Gasteiger partial charge in [0.25, 0.3) is 0 Å². The molecule has 2 aliphatic heterocycles. The molecule has 1 radical (unpaired) electrons. The maximum atomic E-state index is 9.67. The molecule has 9 heterocycles. The topological polar surface area (TPSA) is 194 Å². The summed E-state index contributed by atoms with van der Waals surface area (Å²) in [5, 5.41) is 0. The molecule has 1 aliphatic carbocycles. The summed E-state index contributed by atoms with van der Waals surface area (Å²) < 4.78 is 82.2. The molecular weight excluding hydrogens is 2090 g/mol. The summed E-state index contributed by atoms with van der Waals surface area (Å²) in [7, 11) is -4.09. The molecule has 685 valence electrons. The van der Waals surface area contributed by atoms with Gasteiger partial charge < -0.3 is 58.4 Å². The van der Waals surface area contributed by atoms with Crippen molar-refractivity contribution >= 4 is 104 Å². The van der Waals surface area contributed by atoms with Crippen LogP contribution in [0.3, 0.4) is 0 Å². The maximum Gasteiger partial charge on any atom is 3.00 e. The second-order valence-electron chi connectivity index (χ2n) is 32.7. The van der Waals surface area contributed by atoms with E-state index < -0.39 is 7.54 Å². The van der Waals surface area contributed by atoms with Crippen molar-refractivity contribution in [2.45, 2.75) is 269 Å². The van der Waals surface area contributed by atoms with E-state index in [0.29, 0.717) is 23.6 Å². The zero-order valence-electron chi connectivity index (χ0n) is 76.5. The molecular formula is C97H129B3Br2F4Ir2N10O8-. The molecule has 0 N–H and O–H groups in total. The van der Waals surface area contributed by atoms with Gasteiger partial charge in [0, 0.05) is 108 Å². The predicted octanol–water partition coefficient (Wildman–Crippen LogP) is 25.2. The molecule has 18 nitrogen and oxygen atoms in total. The first-order valence-corrected chi connectivity index (χ1v) is 42.9. The number of fused-ring (bicyclic) bond motifs is 4. The van der Waals surface area contributed by atoms with Crippen molar-refractivity contribution in [1.82, 2.24) is 48.6 Å². The van der Waals surface area contributed by atoms with Crippen molar-refractivity contribution in [1.29, 1.82) is 0 Å². The smallest absolute Gasteiger partial charge is 1.00 e. The average molecular weight is 2220 g/mol. The van der Waals surface area contributed by atoms with Gasteiger partial charge in [-0.05, 0) is 228 Å². The molecule has 0 atom stereocenters. The van der Waals surface area contributed by atoms with E-state index >= 15 is 0 Å². The largest absolute Gasteiger partial charge is 3.00 e. The molecule has 3 fully saturated rings. The number of benzene rings is 7. The van der Waals surface area contributed by atoms with Crippen LogP contribution in [0.25, 0.3) is 84.2 Å². The molecule has 0 bridgehead atoms. The Labute approximate surface area is 792 Å². The van der Waals surface area contributed by atoms with Crippen LogP contribution in [0.4, 0.5) is 12.9 Å². The van der Waals surface area contributed by atoms with E-state index in [4.69, 9.17) is 36.3 Å². The number of aromatic nitrogens is 10. The van der Waals surface area contributed by atoms with Crippen molar-refractivity contribution < 1.29 is 95.6 Å². The number of halogens is 6. The first-order valence-electron chi connectivity index (χ1n) is 41.3. The fraction of sp³-hybridized carbons (Fsp3) is 0.412. The molecule has 14 aromatic rings. The summed E-state index contributed by atoms with van der Waals surface area (Å²) in [6.07, 6.45) is 27.4. The van der Waals surface area contributed by atoms with Gasteiger partial charge in [-0.1, -0.05) is 141 Å². The van der Waals surface area contributed by atoms with E-state index in [1.807, 2.05) is 200 Å². The third-order valence-corrected chi connectivity index (χ3v) is 21.9. The molecule has 2 saturated heterocycles. The van der Waals surface area contributed by atoms with Gasteiger partial charge in [0.2, 0.25) is 0 Å². The van der Waals surface area contributed by atoms with E-state index in [1.54, 1.807) is 6.20 Å². The van der Waals surface area contributed by atoms with Gasteiger partial charge in [0.1, 0.15) is 22.4 Å². The fourth-order valence-corrected chi connectivity index (χ4v) is 15.3. The molecule has 0 spiro atoms. The van der Waals surface area contributed by atoms with Gasteiger partial charge in [-0.25, -0.2) is 29.9 Å². The second-order valence-corrected chi connectivity index (χ2v) is 34.4. The predicted molar refractivity (Wildman–Crippen MR) is 511 cm³/mol. The number of hydrogen-bond acceptors (Lipinski definition) is 15. The average Bonchev–Trinajstić information content (AvgIpc) is 1.64. The van der Waals surface area contributed by atoms with Crippen LogP contribution in [-0.4, -0.2) is 92.8 Å². The number of hydrogen-bond donors (Lipinski definition) is 0. The summed E-state index contributed by atoms with van der Waals surface area (Å²) in [4.78, 5) is 30.7.